The van der Waals surface area contributed by atoms with E-state index >= 15 is 4.39 Å². The van der Waals surface area contributed by atoms with E-state index in [4.69, 9.17) is 4.74 Å². The normalized spacial score (nSPS) is 40.5. The standard InChI is InChI=1S/C29H33FO9S/c1-16-11-22-21-8-7-18-13-19(31)9-10-26(18,2)28(21,30)23(32)14-27(22,3)29(16,35)24(33)15-39-25(34)17-5-4-6-20(12-17)40(36,37)38/h4-6,9-10,12-13,16,21-23,32,35H,7-8,11,14-15H2,1-3H3,(H,36,37,38)/t16-,21+,22+,23-,26+,27+,28+,29-/m1/s1. The smallest absolute Gasteiger partial charge is 0.338 e. The van der Waals surface area contributed by atoms with Crippen LogP contribution in [-0.4, -0.2) is 64.7 Å². The highest BCUT2D eigenvalue weighted by atomic mass is 32.2. The summed E-state index contributed by atoms with van der Waals surface area (Å²) < 4.78 is 54.4. The molecule has 4 aliphatic carbocycles. The zero-order valence-electron chi connectivity index (χ0n) is 22.5. The molecule has 0 heterocycles. The third kappa shape index (κ3) is 3.81. The third-order valence-electron chi connectivity index (χ3n) is 10.3. The average molecular weight is 577 g/mol. The van der Waals surface area contributed by atoms with E-state index < -0.39 is 79.3 Å². The Morgan fingerprint density at radius 3 is 2.58 bits per heavy atom. The summed E-state index contributed by atoms with van der Waals surface area (Å²) in [5, 5.41) is 23.4. The monoisotopic (exact) mass is 576 g/mol. The topological polar surface area (TPSA) is 155 Å². The van der Waals surface area contributed by atoms with Crippen LogP contribution in [0.25, 0.3) is 0 Å². The first kappa shape index (κ1) is 28.8. The zero-order valence-corrected chi connectivity index (χ0v) is 23.3. The van der Waals surface area contributed by atoms with Crippen LogP contribution in [0.3, 0.4) is 0 Å². The van der Waals surface area contributed by atoms with E-state index in [1.807, 2.05) is 0 Å². The van der Waals surface area contributed by atoms with Crippen LogP contribution in [0.5, 0.6) is 0 Å². The van der Waals surface area contributed by atoms with Crippen LogP contribution in [0.1, 0.15) is 56.8 Å². The summed E-state index contributed by atoms with van der Waals surface area (Å²) in [6.45, 7) is 4.22. The first-order valence-electron chi connectivity index (χ1n) is 13.3. The van der Waals surface area contributed by atoms with Crippen molar-refractivity contribution in [2.45, 2.75) is 68.7 Å². The van der Waals surface area contributed by atoms with Crippen molar-refractivity contribution in [1.82, 2.24) is 0 Å². The van der Waals surface area contributed by atoms with Crippen LogP contribution >= 0.6 is 0 Å². The molecule has 0 saturated heterocycles. The van der Waals surface area contributed by atoms with Gasteiger partial charge in [0.25, 0.3) is 10.1 Å². The van der Waals surface area contributed by atoms with Gasteiger partial charge in [0.1, 0.15) is 5.60 Å². The number of esters is 1. The number of fused-ring (bicyclic) bond motifs is 5. The summed E-state index contributed by atoms with van der Waals surface area (Å²) in [7, 11) is -4.57. The van der Waals surface area contributed by atoms with Gasteiger partial charge in [0, 0.05) is 16.7 Å². The molecule has 0 aliphatic heterocycles. The lowest BCUT2D eigenvalue weighted by Crippen LogP contribution is -2.69. The van der Waals surface area contributed by atoms with Crippen LogP contribution in [-0.2, 0) is 24.4 Å². The van der Waals surface area contributed by atoms with Crippen molar-refractivity contribution in [2.24, 2.45) is 28.6 Å². The molecule has 11 heteroatoms. The number of ether oxygens (including phenoxy) is 1. The summed E-state index contributed by atoms with van der Waals surface area (Å²) in [6.07, 6.45) is 3.64. The van der Waals surface area contributed by atoms with E-state index in [0.717, 1.165) is 12.1 Å². The molecule has 9 nitrogen and oxygen atoms in total. The molecule has 0 aromatic heterocycles. The van der Waals surface area contributed by atoms with E-state index in [1.165, 1.54) is 30.4 Å². The number of Topliss-reactive ketones (excluding diaryl/α,β-unsaturated/α-hetero) is 1. The van der Waals surface area contributed by atoms with Crippen LogP contribution in [0.2, 0.25) is 0 Å². The van der Waals surface area contributed by atoms with Crippen molar-refractivity contribution in [3.8, 4) is 0 Å². The molecule has 5 rings (SSSR count). The number of hydrogen-bond acceptors (Lipinski definition) is 8. The molecule has 0 unspecified atom stereocenters. The highest BCUT2D eigenvalue weighted by molar-refractivity contribution is 7.85. The van der Waals surface area contributed by atoms with Gasteiger partial charge >= 0.3 is 5.97 Å². The van der Waals surface area contributed by atoms with Gasteiger partial charge in [0.05, 0.1) is 16.6 Å². The Kier molecular flexibility index (Phi) is 6.58. The molecule has 3 N–H and O–H groups in total. The lowest BCUT2D eigenvalue weighted by atomic mass is 9.44. The summed E-state index contributed by atoms with van der Waals surface area (Å²) in [4.78, 5) is 37.7. The zero-order chi connectivity index (χ0) is 29.5. The van der Waals surface area contributed by atoms with E-state index in [9.17, 15) is 37.6 Å². The Hall–Kier alpha value is -2.73. The minimum atomic E-state index is -4.57. The van der Waals surface area contributed by atoms with E-state index in [2.05, 4.69) is 0 Å². The number of ketones is 2. The van der Waals surface area contributed by atoms with Crippen molar-refractivity contribution in [2.75, 3.05) is 6.61 Å². The number of halogens is 1. The van der Waals surface area contributed by atoms with Gasteiger partial charge in [-0.05, 0) is 74.8 Å². The second kappa shape index (κ2) is 9.14. The Bertz CT molecular complexity index is 1470. The second-order valence-electron chi connectivity index (χ2n) is 12.2. The molecular formula is C29H33FO9S. The SMILES string of the molecule is C[C@@H]1C[C@H]2[C@@H]3CCC4=CC(=O)C=C[C@]4(C)[C@@]3(F)[C@H](O)C[C@]2(C)[C@]1(O)C(=O)COC(=O)c1cccc(S(=O)(=O)O)c1. The van der Waals surface area contributed by atoms with Gasteiger partial charge in [-0.1, -0.05) is 31.6 Å². The second-order valence-corrected chi connectivity index (χ2v) is 13.6. The Labute approximate surface area is 231 Å². The average Bonchev–Trinajstić information content (AvgIpc) is 3.09. The summed E-state index contributed by atoms with van der Waals surface area (Å²) in [6, 6.07) is 4.48. The molecule has 1 aromatic rings. The summed E-state index contributed by atoms with van der Waals surface area (Å²) >= 11 is 0. The quantitative estimate of drug-likeness (QED) is 0.354. The Morgan fingerprint density at radius 2 is 1.90 bits per heavy atom. The number of rotatable bonds is 5. The maximum Gasteiger partial charge on any atom is 0.338 e. The molecule has 3 saturated carbocycles. The number of carbonyl (C=O) groups is 3. The minimum absolute atomic E-state index is 0.216. The first-order chi connectivity index (χ1) is 18.5. The van der Waals surface area contributed by atoms with Crippen molar-refractivity contribution >= 4 is 27.7 Å². The molecule has 40 heavy (non-hydrogen) atoms. The molecule has 3 fully saturated rings. The maximum absolute atomic E-state index is 17.3. The summed E-state index contributed by atoms with van der Waals surface area (Å²) in [5.41, 5.74) is -6.17. The van der Waals surface area contributed by atoms with E-state index in [-0.39, 0.29) is 17.8 Å². The number of alkyl halides is 1. The van der Waals surface area contributed by atoms with Crippen molar-refractivity contribution in [3.63, 3.8) is 0 Å². The van der Waals surface area contributed by atoms with Crippen LogP contribution in [0, 0.1) is 28.6 Å². The molecule has 4 aliphatic rings. The largest absolute Gasteiger partial charge is 0.454 e. The van der Waals surface area contributed by atoms with Crippen LogP contribution in [0.15, 0.2) is 53.0 Å². The molecule has 1 aromatic carbocycles. The molecule has 0 spiro atoms. The molecule has 0 bridgehead atoms. The molecule has 216 valence electrons. The van der Waals surface area contributed by atoms with E-state index in [0.29, 0.717) is 24.8 Å². The molecular weight excluding hydrogens is 543 g/mol. The van der Waals surface area contributed by atoms with Gasteiger partial charge in [0.2, 0.25) is 5.78 Å². The highest BCUT2D eigenvalue weighted by Crippen LogP contribution is 2.70. The van der Waals surface area contributed by atoms with Gasteiger partial charge in [0.15, 0.2) is 18.1 Å². The minimum Gasteiger partial charge on any atom is -0.454 e. The van der Waals surface area contributed by atoms with E-state index in [1.54, 1.807) is 20.8 Å². The molecule has 0 radical (unpaired) electrons. The third-order valence-corrected chi connectivity index (χ3v) is 11.2. The lowest BCUT2D eigenvalue weighted by Gasteiger charge is -2.62. The lowest BCUT2D eigenvalue weighted by molar-refractivity contribution is -0.219. The van der Waals surface area contributed by atoms with Crippen molar-refractivity contribution in [1.29, 1.82) is 0 Å². The molecule has 8 atom stereocenters. The predicted octanol–water partition coefficient (Wildman–Crippen LogP) is 3.01. The van der Waals surface area contributed by atoms with Gasteiger partial charge in [-0.25, -0.2) is 9.18 Å². The highest BCUT2D eigenvalue weighted by Gasteiger charge is 2.75. The van der Waals surface area contributed by atoms with Crippen molar-refractivity contribution in [3.05, 3.63) is 53.6 Å². The number of hydrogen-bond donors (Lipinski definition) is 3. The van der Waals surface area contributed by atoms with Gasteiger partial charge in [-0.3, -0.25) is 14.1 Å². The van der Waals surface area contributed by atoms with Gasteiger partial charge in [-0.15, -0.1) is 0 Å². The van der Waals surface area contributed by atoms with Gasteiger partial charge in [-0.2, -0.15) is 8.42 Å². The van der Waals surface area contributed by atoms with Crippen LogP contribution < -0.4 is 0 Å². The number of allylic oxidation sites excluding steroid dienone is 4. The van der Waals surface area contributed by atoms with Crippen LogP contribution in [0.4, 0.5) is 4.39 Å². The Morgan fingerprint density at radius 1 is 1.20 bits per heavy atom. The maximum atomic E-state index is 17.3. The number of benzene rings is 1. The fourth-order valence-corrected chi connectivity index (χ4v) is 8.77. The summed E-state index contributed by atoms with van der Waals surface area (Å²) in [5.74, 6) is -3.86. The van der Waals surface area contributed by atoms with Gasteiger partial charge < -0.3 is 14.9 Å². The van der Waals surface area contributed by atoms with Crippen molar-refractivity contribution < 1.29 is 46.7 Å². The number of aliphatic hydroxyl groups is 2. The number of carbonyl (C=O) groups excluding carboxylic acids is 3. The predicted molar refractivity (Wildman–Crippen MR) is 139 cm³/mol. The fraction of sp³-hybridized carbons (Fsp3) is 0.552. The first-order valence-corrected chi connectivity index (χ1v) is 14.8. The number of aliphatic hydroxyl groups excluding tert-OH is 1. The Balaban J connectivity index is 1.41. The fourth-order valence-electron chi connectivity index (χ4n) is 8.25. The molecule has 0 amide bonds.